The number of aromatic amines is 1. The van der Waals surface area contributed by atoms with E-state index in [1.165, 1.54) is 0 Å². The summed E-state index contributed by atoms with van der Waals surface area (Å²) in [6.45, 7) is 2.01. The molecular weight excluding hydrogens is 469 g/mol. The molecular formula is C17H11BrIN3O. The number of allylic oxidation sites excluding steroid dienone is 1. The van der Waals surface area contributed by atoms with E-state index >= 15 is 0 Å². The van der Waals surface area contributed by atoms with Gasteiger partial charge >= 0.3 is 0 Å². The summed E-state index contributed by atoms with van der Waals surface area (Å²) in [5.74, 6) is 0.729. The van der Waals surface area contributed by atoms with Gasteiger partial charge in [0, 0.05) is 0 Å². The zero-order chi connectivity index (χ0) is 16.6. The van der Waals surface area contributed by atoms with E-state index < -0.39 is 0 Å². The van der Waals surface area contributed by atoms with Gasteiger partial charge in [-0.1, -0.05) is 6.07 Å². The molecule has 0 radical (unpaired) electrons. The van der Waals surface area contributed by atoms with E-state index in [-0.39, 0.29) is 5.75 Å². The van der Waals surface area contributed by atoms with Crippen molar-refractivity contribution >= 4 is 61.2 Å². The van der Waals surface area contributed by atoms with E-state index in [9.17, 15) is 10.4 Å². The number of phenols is 1. The number of H-pyrrole nitrogens is 1. The standard InChI is InChI=1S/C17H11BrIN3O/c1-9-2-3-14-15(4-9)22-17(21-14)11(8-20)5-10-6-12(18)16(23)13(19)7-10/h2-7,23H,1H3,(H,21,22). The van der Waals surface area contributed by atoms with Crippen LogP contribution in [0, 0.1) is 21.8 Å². The topological polar surface area (TPSA) is 72.7 Å². The fraction of sp³-hybridized carbons (Fsp3) is 0.0588. The zero-order valence-electron chi connectivity index (χ0n) is 12.1. The quantitative estimate of drug-likeness (QED) is 0.401. The number of hydrogen-bond donors (Lipinski definition) is 2. The van der Waals surface area contributed by atoms with Crippen LogP contribution < -0.4 is 0 Å². The molecule has 23 heavy (non-hydrogen) atoms. The molecule has 0 aliphatic rings. The number of halogens is 2. The normalized spacial score (nSPS) is 11.7. The number of aromatic nitrogens is 2. The first kappa shape index (κ1) is 16.0. The molecule has 4 nitrogen and oxygen atoms in total. The van der Waals surface area contributed by atoms with Crippen molar-refractivity contribution in [1.29, 1.82) is 5.26 Å². The van der Waals surface area contributed by atoms with Crippen LogP contribution in [-0.4, -0.2) is 15.1 Å². The lowest BCUT2D eigenvalue weighted by atomic mass is 10.1. The van der Waals surface area contributed by atoms with E-state index in [1.54, 1.807) is 12.1 Å². The predicted octanol–water partition coefficient (Wildman–Crippen LogP) is 5.01. The lowest BCUT2D eigenvalue weighted by molar-refractivity contribution is 0.468. The van der Waals surface area contributed by atoms with Crippen LogP contribution in [0.5, 0.6) is 5.75 Å². The molecule has 0 bridgehead atoms. The molecule has 0 saturated heterocycles. The number of benzene rings is 2. The van der Waals surface area contributed by atoms with E-state index in [0.29, 0.717) is 19.4 Å². The summed E-state index contributed by atoms with van der Waals surface area (Å²) in [6, 6.07) is 11.7. The Hall–Kier alpha value is -1.85. The molecule has 0 aliphatic carbocycles. The smallest absolute Gasteiger partial charge is 0.149 e. The van der Waals surface area contributed by atoms with Gasteiger partial charge in [-0.25, -0.2) is 4.98 Å². The number of aryl methyl sites for hydroxylation is 1. The fourth-order valence-corrected chi connectivity index (χ4v) is 3.74. The van der Waals surface area contributed by atoms with Gasteiger partial charge in [0.25, 0.3) is 0 Å². The van der Waals surface area contributed by atoms with Gasteiger partial charge in [0.15, 0.2) is 0 Å². The van der Waals surface area contributed by atoms with Crippen molar-refractivity contribution < 1.29 is 5.11 Å². The van der Waals surface area contributed by atoms with Crippen molar-refractivity contribution in [1.82, 2.24) is 9.97 Å². The Morgan fingerprint density at radius 3 is 2.87 bits per heavy atom. The van der Waals surface area contributed by atoms with Gasteiger partial charge in [-0.05, 0) is 86.9 Å². The monoisotopic (exact) mass is 479 g/mol. The average Bonchev–Trinajstić information content (AvgIpc) is 2.92. The lowest BCUT2D eigenvalue weighted by Crippen LogP contribution is -1.86. The molecule has 3 rings (SSSR count). The van der Waals surface area contributed by atoms with Crippen molar-refractivity contribution in [3.05, 3.63) is 55.3 Å². The summed E-state index contributed by atoms with van der Waals surface area (Å²) in [5.41, 5.74) is 4.11. The Morgan fingerprint density at radius 2 is 2.17 bits per heavy atom. The maximum absolute atomic E-state index is 9.80. The van der Waals surface area contributed by atoms with Crippen LogP contribution in [0.25, 0.3) is 22.7 Å². The molecule has 1 heterocycles. The Balaban J connectivity index is 2.09. The summed E-state index contributed by atoms with van der Waals surface area (Å²) in [4.78, 5) is 7.66. The first-order valence-corrected chi connectivity index (χ1v) is 8.61. The number of aromatic hydroxyl groups is 1. The van der Waals surface area contributed by atoms with E-state index in [2.05, 4.69) is 32.0 Å². The Kier molecular flexibility index (Phi) is 4.41. The second-order valence-electron chi connectivity index (χ2n) is 5.11. The number of imidazole rings is 1. The van der Waals surface area contributed by atoms with Crippen LogP contribution in [0.4, 0.5) is 0 Å². The molecule has 0 saturated carbocycles. The molecule has 0 amide bonds. The second kappa shape index (κ2) is 6.34. The van der Waals surface area contributed by atoms with E-state index in [4.69, 9.17) is 0 Å². The third-order valence-corrected chi connectivity index (χ3v) is 4.79. The maximum atomic E-state index is 9.80. The minimum Gasteiger partial charge on any atom is -0.506 e. The number of hydrogen-bond acceptors (Lipinski definition) is 3. The third kappa shape index (κ3) is 3.26. The van der Waals surface area contributed by atoms with Crippen LogP contribution in [0.15, 0.2) is 34.8 Å². The van der Waals surface area contributed by atoms with Crippen LogP contribution in [0.3, 0.4) is 0 Å². The summed E-state index contributed by atoms with van der Waals surface area (Å²) in [6.07, 6.45) is 1.75. The molecule has 114 valence electrons. The van der Waals surface area contributed by atoms with Gasteiger partial charge in [0.2, 0.25) is 0 Å². The molecule has 2 N–H and O–H groups in total. The Bertz CT molecular complexity index is 962. The predicted molar refractivity (Wildman–Crippen MR) is 103 cm³/mol. The van der Waals surface area contributed by atoms with Crippen LogP contribution >= 0.6 is 38.5 Å². The van der Waals surface area contributed by atoms with Gasteiger partial charge in [-0.3, -0.25) is 0 Å². The Morgan fingerprint density at radius 1 is 1.39 bits per heavy atom. The van der Waals surface area contributed by atoms with Gasteiger partial charge in [0.05, 0.1) is 24.6 Å². The summed E-state index contributed by atoms with van der Waals surface area (Å²) in [5, 5.41) is 19.3. The van der Waals surface area contributed by atoms with E-state index in [1.807, 2.05) is 53.8 Å². The molecule has 0 aliphatic heterocycles. The van der Waals surface area contributed by atoms with Crippen LogP contribution in [0.1, 0.15) is 17.0 Å². The number of nitriles is 1. The second-order valence-corrected chi connectivity index (χ2v) is 7.13. The van der Waals surface area contributed by atoms with E-state index in [0.717, 1.165) is 22.2 Å². The number of fused-ring (bicyclic) bond motifs is 1. The van der Waals surface area contributed by atoms with Crippen LogP contribution in [-0.2, 0) is 0 Å². The lowest BCUT2D eigenvalue weighted by Gasteiger charge is -2.03. The summed E-state index contributed by atoms with van der Waals surface area (Å²) in [7, 11) is 0. The van der Waals surface area contributed by atoms with Crippen molar-refractivity contribution in [2.75, 3.05) is 0 Å². The number of rotatable bonds is 2. The minimum atomic E-state index is 0.195. The molecule has 0 spiro atoms. The SMILES string of the molecule is Cc1ccc2nc(C(C#N)=Cc3cc(Br)c(O)c(I)c3)[nH]c2c1. The maximum Gasteiger partial charge on any atom is 0.149 e. The first-order valence-electron chi connectivity index (χ1n) is 6.74. The van der Waals surface area contributed by atoms with Crippen molar-refractivity contribution in [2.24, 2.45) is 0 Å². The average molecular weight is 480 g/mol. The minimum absolute atomic E-state index is 0.195. The molecule has 1 aromatic heterocycles. The number of nitrogens with one attached hydrogen (secondary N) is 1. The Labute approximate surface area is 155 Å². The molecule has 0 unspecified atom stereocenters. The largest absolute Gasteiger partial charge is 0.506 e. The van der Waals surface area contributed by atoms with Gasteiger partial charge in [0.1, 0.15) is 17.6 Å². The molecule has 3 aromatic rings. The zero-order valence-corrected chi connectivity index (χ0v) is 15.8. The highest BCUT2D eigenvalue weighted by molar-refractivity contribution is 14.1. The van der Waals surface area contributed by atoms with Crippen molar-refractivity contribution in [3.8, 4) is 11.8 Å². The fourth-order valence-electron chi connectivity index (χ4n) is 2.24. The molecule has 6 heteroatoms. The molecule has 0 atom stereocenters. The van der Waals surface area contributed by atoms with Crippen molar-refractivity contribution in [3.63, 3.8) is 0 Å². The van der Waals surface area contributed by atoms with Gasteiger partial charge in [-0.15, -0.1) is 0 Å². The highest BCUT2D eigenvalue weighted by Crippen LogP contribution is 2.31. The molecule has 0 fully saturated rings. The van der Waals surface area contributed by atoms with Crippen LogP contribution in [0.2, 0.25) is 0 Å². The van der Waals surface area contributed by atoms with Crippen molar-refractivity contribution in [2.45, 2.75) is 6.92 Å². The number of phenolic OH excluding ortho intramolecular Hbond substituents is 1. The summed E-state index contributed by atoms with van der Waals surface area (Å²) >= 11 is 5.36. The highest BCUT2D eigenvalue weighted by Gasteiger charge is 2.10. The third-order valence-electron chi connectivity index (χ3n) is 3.36. The highest BCUT2D eigenvalue weighted by atomic mass is 127. The number of nitrogens with zero attached hydrogens (tertiary/aromatic N) is 2. The first-order chi connectivity index (χ1) is 11.0. The molecule has 2 aromatic carbocycles. The summed E-state index contributed by atoms with van der Waals surface area (Å²) < 4.78 is 1.30. The van der Waals surface area contributed by atoms with Gasteiger partial charge in [-0.2, -0.15) is 5.26 Å². The van der Waals surface area contributed by atoms with Gasteiger partial charge < -0.3 is 10.1 Å².